The van der Waals surface area contributed by atoms with Gasteiger partial charge in [-0.2, -0.15) is 0 Å². The lowest BCUT2D eigenvalue weighted by molar-refractivity contribution is 0.191. The lowest BCUT2D eigenvalue weighted by atomic mass is 10.2. The molecule has 1 aliphatic rings. The molecule has 2 unspecified atom stereocenters. The molecule has 1 saturated heterocycles. The maximum absolute atomic E-state index is 9.96. The van der Waals surface area contributed by atoms with E-state index in [1.807, 2.05) is 27.9 Å². The van der Waals surface area contributed by atoms with E-state index in [0.717, 1.165) is 24.6 Å². The molecule has 112 valence electrons. The molecule has 1 aliphatic heterocycles. The maximum Gasteiger partial charge on any atom is 0.135 e. The van der Waals surface area contributed by atoms with Crippen LogP contribution >= 0.6 is 11.6 Å². The summed E-state index contributed by atoms with van der Waals surface area (Å²) in [5.41, 5.74) is 0. The van der Waals surface area contributed by atoms with Gasteiger partial charge < -0.3 is 14.9 Å². The number of β-amino-alcohol motifs (C(OH)–C–C–N with tert-alkyl or cyclic N) is 1. The van der Waals surface area contributed by atoms with Gasteiger partial charge in [0.2, 0.25) is 0 Å². The van der Waals surface area contributed by atoms with Crippen molar-refractivity contribution in [3.63, 3.8) is 0 Å². The summed E-state index contributed by atoms with van der Waals surface area (Å²) < 4.78 is 0. The van der Waals surface area contributed by atoms with Crippen molar-refractivity contribution in [3.05, 3.63) is 17.0 Å². The molecule has 1 fully saturated rings. The maximum atomic E-state index is 9.96. The van der Waals surface area contributed by atoms with Crippen molar-refractivity contribution >= 4 is 17.4 Å². The Hall–Kier alpha value is -0.910. The Morgan fingerprint density at radius 3 is 2.75 bits per heavy atom. The predicted octanol–water partition coefficient (Wildman–Crippen LogP) is 1.75. The normalized spacial score (nSPS) is 23.1. The zero-order valence-electron chi connectivity index (χ0n) is 12.5. The molecule has 0 bridgehead atoms. The van der Waals surface area contributed by atoms with Crippen LogP contribution in [0.2, 0.25) is 5.15 Å². The smallest absolute Gasteiger partial charge is 0.135 e. The first-order valence-corrected chi connectivity index (χ1v) is 7.38. The highest BCUT2D eigenvalue weighted by molar-refractivity contribution is 6.29. The van der Waals surface area contributed by atoms with Crippen LogP contribution < -0.4 is 4.90 Å². The van der Waals surface area contributed by atoms with E-state index in [2.05, 4.69) is 19.8 Å². The van der Waals surface area contributed by atoms with Gasteiger partial charge in [0.25, 0.3) is 0 Å². The van der Waals surface area contributed by atoms with Crippen LogP contribution in [-0.2, 0) is 0 Å². The molecule has 0 aliphatic carbocycles. The highest BCUT2D eigenvalue weighted by Gasteiger charge is 2.32. The van der Waals surface area contributed by atoms with E-state index >= 15 is 0 Å². The highest BCUT2D eigenvalue weighted by Crippen LogP contribution is 2.27. The molecule has 2 heterocycles. The van der Waals surface area contributed by atoms with Crippen LogP contribution in [-0.4, -0.2) is 59.3 Å². The Labute approximate surface area is 125 Å². The van der Waals surface area contributed by atoms with Gasteiger partial charge in [0.15, 0.2) is 0 Å². The van der Waals surface area contributed by atoms with E-state index in [9.17, 15) is 5.11 Å². The van der Waals surface area contributed by atoms with Crippen molar-refractivity contribution in [1.82, 2.24) is 14.9 Å². The molecular formula is C14H23ClN4O. The summed E-state index contributed by atoms with van der Waals surface area (Å²) in [5.74, 6) is 1.79. The SMILES string of the molecule is CC(C)c1nc(Cl)cc(N2CC(O)CC2CN(C)C)n1. The fraction of sp³-hybridized carbons (Fsp3) is 0.714. The molecule has 0 saturated carbocycles. The van der Waals surface area contributed by atoms with Gasteiger partial charge in [0.1, 0.15) is 16.8 Å². The van der Waals surface area contributed by atoms with Gasteiger partial charge in [-0.05, 0) is 20.5 Å². The average molecular weight is 299 g/mol. The zero-order valence-corrected chi connectivity index (χ0v) is 13.3. The standard InChI is InChI=1S/C14H23ClN4O/c1-9(2)14-16-12(15)6-13(17-14)19-8-11(20)5-10(19)7-18(3)4/h6,9-11,20H,5,7-8H2,1-4H3. The molecule has 1 aromatic heterocycles. The van der Waals surface area contributed by atoms with Gasteiger partial charge in [-0.15, -0.1) is 0 Å². The third kappa shape index (κ3) is 3.59. The third-order valence-corrected chi connectivity index (χ3v) is 3.67. The molecule has 20 heavy (non-hydrogen) atoms. The molecule has 1 aromatic rings. The molecule has 2 atom stereocenters. The van der Waals surface area contributed by atoms with Crippen LogP contribution in [0.4, 0.5) is 5.82 Å². The second kappa shape index (κ2) is 6.24. The summed E-state index contributed by atoms with van der Waals surface area (Å²) in [6.45, 7) is 5.58. The van der Waals surface area contributed by atoms with E-state index in [0.29, 0.717) is 11.7 Å². The van der Waals surface area contributed by atoms with Gasteiger partial charge >= 0.3 is 0 Å². The van der Waals surface area contributed by atoms with E-state index in [1.54, 1.807) is 6.07 Å². The summed E-state index contributed by atoms with van der Waals surface area (Å²) >= 11 is 6.11. The van der Waals surface area contributed by atoms with E-state index in [-0.39, 0.29) is 18.1 Å². The summed E-state index contributed by atoms with van der Waals surface area (Å²) in [6.07, 6.45) is 0.452. The molecule has 5 nitrogen and oxygen atoms in total. The highest BCUT2D eigenvalue weighted by atomic mass is 35.5. The first kappa shape index (κ1) is 15.5. The number of aliphatic hydroxyl groups is 1. The Morgan fingerprint density at radius 2 is 2.15 bits per heavy atom. The van der Waals surface area contributed by atoms with Gasteiger partial charge in [-0.1, -0.05) is 25.4 Å². The fourth-order valence-corrected chi connectivity index (χ4v) is 2.78. The zero-order chi connectivity index (χ0) is 14.9. The van der Waals surface area contributed by atoms with Crippen LogP contribution in [0, 0.1) is 0 Å². The van der Waals surface area contributed by atoms with Crippen LogP contribution in [0.25, 0.3) is 0 Å². The molecule has 1 N–H and O–H groups in total. The Morgan fingerprint density at radius 1 is 1.45 bits per heavy atom. The molecule has 0 spiro atoms. The van der Waals surface area contributed by atoms with E-state index in [4.69, 9.17) is 11.6 Å². The molecule has 0 radical (unpaired) electrons. The lowest BCUT2D eigenvalue weighted by Gasteiger charge is -2.28. The van der Waals surface area contributed by atoms with E-state index in [1.165, 1.54) is 0 Å². The van der Waals surface area contributed by atoms with Gasteiger partial charge in [0, 0.05) is 31.1 Å². The monoisotopic (exact) mass is 298 g/mol. The molecular weight excluding hydrogens is 276 g/mol. The van der Waals surface area contributed by atoms with Crippen molar-refractivity contribution in [2.75, 3.05) is 32.1 Å². The van der Waals surface area contributed by atoms with Gasteiger partial charge in [0.05, 0.1) is 6.10 Å². The fourth-order valence-electron chi connectivity index (χ4n) is 2.60. The Bertz CT molecular complexity index is 466. The largest absolute Gasteiger partial charge is 0.391 e. The summed E-state index contributed by atoms with van der Waals surface area (Å²) in [4.78, 5) is 13.1. The summed E-state index contributed by atoms with van der Waals surface area (Å²) in [7, 11) is 4.07. The van der Waals surface area contributed by atoms with Crippen molar-refractivity contribution in [1.29, 1.82) is 0 Å². The minimum atomic E-state index is -0.309. The summed E-state index contributed by atoms with van der Waals surface area (Å²) in [6, 6.07) is 2.04. The number of anilines is 1. The Balaban J connectivity index is 2.28. The summed E-state index contributed by atoms with van der Waals surface area (Å²) in [5, 5.41) is 10.4. The van der Waals surface area contributed by atoms with Crippen LogP contribution in [0.3, 0.4) is 0 Å². The Kier molecular flexibility index (Phi) is 4.83. The predicted molar refractivity (Wildman–Crippen MR) is 81.4 cm³/mol. The van der Waals surface area contributed by atoms with Crippen LogP contribution in [0.1, 0.15) is 32.0 Å². The minimum absolute atomic E-state index is 0.229. The lowest BCUT2D eigenvalue weighted by Crippen LogP contribution is -2.38. The number of likely N-dealkylation sites (N-methyl/N-ethyl adjacent to an activating group) is 1. The number of nitrogens with zero attached hydrogens (tertiary/aromatic N) is 4. The van der Waals surface area contributed by atoms with Crippen LogP contribution in [0.5, 0.6) is 0 Å². The molecule has 0 amide bonds. The second-order valence-electron chi connectivity index (χ2n) is 6.02. The quantitative estimate of drug-likeness (QED) is 0.859. The minimum Gasteiger partial charge on any atom is -0.391 e. The molecule has 6 heteroatoms. The number of aliphatic hydroxyl groups excluding tert-OH is 1. The van der Waals surface area contributed by atoms with Gasteiger partial charge in [-0.25, -0.2) is 9.97 Å². The second-order valence-corrected chi connectivity index (χ2v) is 6.41. The van der Waals surface area contributed by atoms with Crippen LogP contribution in [0.15, 0.2) is 6.07 Å². The average Bonchev–Trinajstić information content (AvgIpc) is 2.68. The number of halogens is 1. The number of rotatable bonds is 4. The molecule has 0 aromatic carbocycles. The topological polar surface area (TPSA) is 52.5 Å². The van der Waals surface area contributed by atoms with Crippen molar-refractivity contribution < 1.29 is 5.11 Å². The van der Waals surface area contributed by atoms with E-state index < -0.39 is 0 Å². The number of hydrogen-bond acceptors (Lipinski definition) is 5. The first-order valence-electron chi connectivity index (χ1n) is 7.00. The molecule has 2 rings (SSSR count). The van der Waals surface area contributed by atoms with Gasteiger partial charge in [-0.3, -0.25) is 0 Å². The first-order chi connectivity index (χ1) is 9.36. The number of hydrogen-bond donors (Lipinski definition) is 1. The van der Waals surface area contributed by atoms with Crippen molar-refractivity contribution in [2.45, 2.75) is 38.3 Å². The van der Waals surface area contributed by atoms with Crippen molar-refractivity contribution in [2.24, 2.45) is 0 Å². The number of aromatic nitrogens is 2. The van der Waals surface area contributed by atoms with Crippen molar-refractivity contribution in [3.8, 4) is 0 Å². The third-order valence-electron chi connectivity index (χ3n) is 3.48.